The number of para-hydroxylation sites is 1. The van der Waals surface area contributed by atoms with E-state index in [9.17, 15) is 13.2 Å². The zero-order chi connectivity index (χ0) is 22.9. The van der Waals surface area contributed by atoms with Crippen molar-refractivity contribution in [2.45, 2.75) is 25.3 Å². The second kappa shape index (κ2) is 8.72. The van der Waals surface area contributed by atoms with Crippen molar-refractivity contribution in [3.05, 3.63) is 88.4 Å². The number of nitrogens with zero attached hydrogens (tertiary/aromatic N) is 2. The molecule has 4 aromatic rings. The number of benzene rings is 3. The first-order valence-corrected chi connectivity index (χ1v) is 12.3. The van der Waals surface area contributed by atoms with Crippen molar-refractivity contribution >= 4 is 43.2 Å². The van der Waals surface area contributed by atoms with Gasteiger partial charge in [0.2, 0.25) is 0 Å². The molecule has 0 saturated heterocycles. The Morgan fingerprint density at radius 1 is 1.03 bits per heavy atom. The number of anilines is 1. The van der Waals surface area contributed by atoms with E-state index in [0.29, 0.717) is 23.4 Å². The van der Waals surface area contributed by atoms with E-state index in [1.165, 1.54) is 12.1 Å². The van der Waals surface area contributed by atoms with E-state index in [1.807, 2.05) is 43.3 Å². The van der Waals surface area contributed by atoms with Gasteiger partial charge in [-0.05, 0) is 55.8 Å². The molecule has 0 unspecified atom stereocenters. The number of sulfonamides is 1. The lowest BCUT2D eigenvalue weighted by Crippen LogP contribution is -2.27. The highest BCUT2D eigenvalue weighted by atomic mass is 32.2. The van der Waals surface area contributed by atoms with E-state index in [0.717, 1.165) is 20.8 Å². The predicted molar refractivity (Wildman–Crippen MR) is 129 cm³/mol. The van der Waals surface area contributed by atoms with Crippen molar-refractivity contribution in [3.63, 3.8) is 0 Å². The minimum Gasteiger partial charge on any atom is -0.335 e. The van der Waals surface area contributed by atoms with Crippen LogP contribution < -0.4 is 4.72 Å². The zero-order valence-corrected chi connectivity index (χ0v) is 19.6. The maximum atomic E-state index is 13.1. The summed E-state index contributed by atoms with van der Waals surface area (Å²) in [5.74, 6) is -0.255. The molecule has 1 aromatic heterocycles. The third kappa shape index (κ3) is 4.66. The summed E-state index contributed by atoms with van der Waals surface area (Å²) < 4.78 is 29.4. The molecule has 32 heavy (non-hydrogen) atoms. The molecule has 164 valence electrons. The van der Waals surface area contributed by atoms with Crippen LogP contribution in [0.15, 0.2) is 71.6 Å². The number of hydrogen-bond acceptors (Lipinski definition) is 5. The summed E-state index contributed by atoms with van der Waals surface area (Å²) in [6, 6.07) is 19.5. The van der Waals surface area contributed by atoms with Gasteiger partial charge in [-0.1, -0.05) is 35.9 Å². The number of thiazole rings is 1. The third-order valence-corrected chi connectivity index (χ3v) is 7.51. The standard InChI is InChI=1S/C24H23N3O3S2/c1-16-8-11-18(12-9-16)26-32(29,30)19-13-10-17(2)20(14-19)24(28)27(3)15-23-25-21-6-4-5-7-22(21)31-23/h4-14,26H,15H2,1-3H3. The van der Waals surface area contributed by atoms with Crippen LogP contribution in [0.2, 0.25) is 0 Å². The highest BCUT2D eigenvalue weighted by molar-refractivity contribution is 7.92. The second-order valence-electron chi connectivity index (χ2n) is 7.68. The van der Waals surface area contributed by atoms with Crippen LogP contribution in [0.1, 0.15) is 26.5 Å². The summed E-state index contributed by atoms with van der Waals surface area (Å²) in [5.41, 5.74) is 3.46. The fraction of sp³-hybridized carbons (Fsp3) is 0.167. The molecule has 0 aliphatic rings. The van der Waals surface area contributed by atoms with Gasteiger partial charge in [-0.25, -0.2) is 13.4 Å². The first-order valence-electron chi connectivity index (χ1n) is 10.0. The normalized spacial score (nSPS) is 11.5. The predicted octanol–water partition coefficient (Wildman–Crippen LogP) is 4.99. The van der Waals surface area contributed by atoms with Gasteiger partial charge in [-0.2, -0.15) is 0 Å². The SMILES string of the molecule is Cc1ccc(NS(=O)(=O)c2ccc(C)c(C(=O)N(C)Cc3nc4ccccc4s3)c2)cc1. The Morgan fingerprint density at radius 3 is 2.47 bits per heavy atom. The maximum absolute atomic E-state index is 13.1. The van der Waals surface area contributed by atoms with Crippen molar-refractivity contribution in [2.75, 3.05) is 11.8 Å². The Balaban J connectivity index is 1.56. The van der Waals surface area contributed by atoms with E-state index < -0.39 is 10.0 Å². The molecule has 0 aliphatic carbocycles. The second-order valence-corrected chi connectivity index (χ2v) is 10.5. The molecule has 6 nitrogen and oxygen atoms in total. The molecular formula is C24H23N3O3S2. The van der Waals surface area contributed by atoms with Crippen LogP contribution in [0.4, 0.5) is 5.69 Å². The van der Waals surface area contributed by atoms with Gasteiger partial charge < -0.3 is 4.90 Å². The molecule has 0 atom stereocenters. The summed E-state index contributed by atoms with van der Waals surface area (Å²) in [5, 5.41) is 0.824. The number of amides is 1. The topological polar surface area (TPSA) is 79.4 Å². The van der Waals surface area contributed by atoms with Gasteiger partial charge in [0, 0.05) is 18.3 Å². The lowest BCUT2D eigenvalue weighted by atomic mass is 10.1. The Labute approximate surface area is 191 Å². The fourth-order valence-corrected chi connectivity index (χ4v) is 5.41. The van der Waals surface area contributed by atoms with Gasteiger partial charge in [0.1, 0.15) is 5.01 Å². The maximum Gasteiger partial charge on any atom is 0.261 e. The van der Waals surface area contributed by atoms with E-state index >= 15 is 0 Å². The zero-order valence-electron chi connectivity index (χ0n) is 18.0. The first kappa shape index (κ1) is 22.0. The van der Waals surface area contributed by atoms with Gasteiger partial charge in [-0.3, -0.25) is 9.52 Å². The van der Waals surface area contributed by atoms with Crippen molar-refractivity contribution in [1.29, 1.82) is 0 Å². The average molecular weight is 466 g/mol. The fourth-order valence-electron chi connectivity index (χ4n) is 3.30. The van der Waals surface area contributed by atoms with Crippen LogP contribution in [0.3, 0.4) is 0 Å². The molecule has 0 saturated carbocycles. The summed E-state index contributed by atoms with van der Waals surface area (Å²) in [6.45, 7) is 4.07. The van der Waals surface area contributed by atoms with Crippen LogP contribution in [0, 0.1) is 13.8 Å². The largest absolute Gasteiger partial charge is 0.335 e. The highest BCUT2D eigenvalue weighted by Gasteiger charge is 2.21. The molecule has 0 bridgehead atoms. The smallest absolute Gasteiger partial charge is 0.261 e. The molecule has 3 aromatic carbocycles. The molecule has 1 heterocycles. The number of carbonyl (C=O) groups is 1. The van der Waals surface area contributed by atoms with Crippen LogP contribution in [-0.4, -0.2) is 31.3 Å². The summed E-state index contributed by atoms with van der Waals surface area (Å²) in [4.78, 5) is 19.3. The number of aryl methyl sites for hydroxylation is 2. The summed E-state index contributed by atoms with van der Waals surface area (Å²) >= 11 is 1.54. The van der Waals surface area contributed by atoms with Crippen LogP contribution in [0.5, 0.6) is 0 Å². The van der Waals surface area contributed by atoms with Crippen molar-refractivity contribution in [1.82, 2.24) is 9.88 Å². The molecule has 1 amide bonds. The third-order valence-electron chi connectivity index (χ3n) is 5.11. The molecule has 0 aliphatic heterocycles. The molecular weight excluding hydrogens is 442 g/mol. The van der Waals surface area contributed by atoms with Crippen molar-refractivity contribution in [2.24, 2.45) is 0 Å². The van der Waals surface area contributed by atoms with E-state index in [1.54, 1.807) is 48.4 Å². The van der Waals surface area contributed by atoms with Crippen molar-refractivity contribution in [3.8, 4) is 0 Å². The number of hydrogen-bond donors (Lipinski definition) is 1. The number of carbonyl (C=O) groups excluding carboxylic acids is 1. The van der Waals surface area contributed by atoms with Crippen LogP contribution >= 0.6 is 11.3 Å². The summed E-state index contributed by atoms with van der Waals surface area (Å²) in [7, 11) is -2.14. The molecule has 8 heteroatoms. The monoisotopic (exact) mass is 465 g/mol. The quantitative estimate of drug-likeness (QED) is 0.435. The Kier molecular flexibility index (Phi) is 5.99. The van der Waals surface area contributed by atoms with Crippen molar-refractivity contribution < 1.29 is 13.2 Å². The molecule has 1 N–H and O–H groups in total. The molecule has 0 fully saturated rings. The molecule has 0 radical (unpaired) electrons. The lowest BCUT2D eigenvalue weighted by Gasteiger charge is -2.18. The number of fused-ring (bicyclic) bond motifs is 1. The van der Waals surface area contributed by atoms with Gasteiger partial charge in [0.15, 0.2) is 0 Å². The van der Waals surface area contributed by atoms with Crippen LogP contribution in [0.25, 0.3) is 10.2 Å². The Bertz CT molecular complexity index is 1360. The van der Waals surface area contributed by atoms with E-state index in [4.69, 9.17) is 0 Å². The summed E-state index contributed by atoms with van der Waals surface area (Å²) in [6.07, 6.45) is 0. The first-order chi connectivity index (χ1) is 15.2. The van der Waals surface area contributed by atoms with Gasteiger partial charge in [-0.15, -0.1) is 11.3 Å². The lowest BCUT2D eigenvalue weighted by molar-refractivity contribution is 0.0784. The molecule has 0 spiro atoms. The van der Waals surface area contributed by atoms with Gasteiger partial charge in [0.25, 0.3) is 15.9 Å². The highest BCUT2D eigenvalue weighted by Crippen LogP contribution is 2.24. The minimum absolute atomic E-state index is 0.0420. The number of aromatic nitrogens is 1. The minimum atomic E-state index is -3.83. The van der Waals surface area contributed by atoms with E-state index in [-0.39, 0.29) is 10.8 Å². The Hall–Kier alpha value is -3.23. The molecule has 4 rings (SSSR count). The van der Waals surface area contributed by atoms with E-state index in [2.05, 4.69) is 9.71 Å². The number of nitrogens with one attached hydrogen (secondary N) is 1. The Morgan fingerprint density at radius 2 is 1.75 bits per heavy atom. The van der Waals surface area contributed by atoms with Gasteiger partial charge >= 0.3 is 0 Å². The van der Waals surface area contributed by atoms with Crippen LogP contribution in [-0.2, 0) is 16.6 Å². The average Bonchev–Trinajstić information content (AvgIpc) is 3.17. The number of rotatable bonds is 6. The van der Waals surface area contributed by atoms with Gasteiger partial charge in [0.05, 0.1) is 21.7 Å².